The summed E-state index contributed by atoms with van der Waals surface area (Å²) in [5.74, 6) is 0.269. The van der Waals surface area contributed by atoms with Crippen LogP contribution in [-0.2, 0) is 17.4 Å². The van der Waals surface area contributed by atoms with Crippen molar-refractivity contribution < 1.29 is 27.8 Å². The predicted molar refractivity (Wildman–Crippen MR) is 96.1 cm³/mol. The molecule has 0 atom stereocenters. The monoisotopic (exact) mass is 396 g/mol. The smallest absolute Gasteiger partial charge is 0.416 e. The molecule has 27 heavy (non-hydrogen) atoms. The van der Waals surface area contributed by atoms with Gasteiger partial charge in [0, 0.05) is 12.8 Å². The van der Waals surface area contributed by atoms with Crippen LogP contribution in [-0.4, -0.2) is 10.9 Å². The number of carbonyl (C=O) groups excluding carboxylic acids is 1. The fourth-order valence-electron chi connectivity index (χ4n) is 3.00. The normalized spacial score (nSPS) is 14.8. The molecule has 0 spiro atoms. The Labute approximate surface area is 159 Å². The molecular formula is C20H16ClF3O3. The molecule has 0 amide bonds. The molecule has 2 aromatic carbocycles. The predicted octanol–water partition coefficient (Wildman–Crippen LogP) is 6.35. The molecule has 0 unspecified atom stereocenters. The van der Waals surface area contributed by atoms with E-state index in [1.54, 1.807) is 18.2 Å². The Bertz CT molecular complexity index is 933. The zero-order valence-electron chi connectivity index (χ0n) is 14.4. The number of aliphatic hydroxyl groups is 1. The van der Waals surface area contributed by atoms with E-state index in [0.717, 1.165) is 23.8 Å². The maximum absolute atomic E-state index is 12.7. The van der Waals surface area contributed by atoms with Gasteiger partial charge < -0.3 is 9.84 Å². The van der Waals surface area contributed by atoms with Gasteiger partial charge in [-0.15, -0.1) is 0 Å². The summed E-state index contributed by atoms with van der Waals surface area (Å²) in [5.41, 5.74) is 0.833. The van der Waals surface area contributed by atoms with Crippen molar-refractivity contribution in [1.29, 1.82) is 0 Å². The van der Waals surface area contributed by atoms with Crippen LogP contribution in [0.5, 0.6) is 11.5 Å². The maximum atomic E-state index is 12.7. The van der Waals surface area contributed by atoms with Gasteiger partial charge in [0.05, 0.1) is 16.2 Å². The molecule has 7 heteroatoms. The summed E-state index contributed by atoms with van der Waals surface area (Å²) in [5, 5.41) is 9.88. The molecule has 1 aliphatic rings. The van der Waals surface area contributed by atoms with E-state index in [4.69, 9.17) is 16.3 Å². The number of aryl methyl sites for hydroxylation is 1. The number of halogens is 4. The van der Waals surface area contributed by atoms with Gasteiger partial charge in [-0.3, -0.25) is 4.79 Å². The number of ether oxygens (including phenoxy) is 1. The third kappa shape index (κ3) is 3.95. The lowest BCUT2D eigenvalue weighted by molar-refractivity contribution is -0.137. The van der Waals surface area contributed by atoms with Crippen molar-refractivity contribution in [3.8, 4) is 11.5 Å². The highest BCUT2D eigenvalue weighted by Gasteiger charge is 2.31. The number of carbonyl (C=O) groups is 1. The van der Waals surface area contributed by atoms with Gasteiger partial charge in [0.15, 0.2) is 5.78 Å². The zero-order valence-corrected chi connectivity index (χ0v) is 15.1. The molecule has 0 fully saturated rings. The van der Waals surface area contributed by atoms with Crippen LogP contribution in [0.15, 0.2) is 42.2 Å². The number of benzene rings is 2. The van der Waals surface area contributed by atoms with Crippen LogP contribution in [0, 0.1) is 0 Å². The minimum Gasteiger partial charge on any atom is -0.512 e. The summed E-state index contributed by atoms with van der Waals surface area (Å²) < 4.78 is 43.9. The van der Waals surface area contributed by atoms with Gasteiger partial charge >= 0.3 is 6.18 Å². The molecular weight excluding hydrogens is 381 g/mol. The van der Waals surface area contributed by atoms with Crippen molar-refractivity contribution in [3.63, 3.8) is 0 Å². The van der Waals surface area contributed by atoms with Crippen LogP contribution in [0.2, 0.25) is 5.02 Å². The van der Waals surface area contributed by atoms with E-state index >= 15 is 0 Å². The molecule has 3 nitrogen and oxygen atoms in total. The minimum atomic E-state index is -4.50. The number of allylic oxidation sites excluding steroid dienone is 2. The Morgan fingerprint density at radius 2 is 1.89 bits per heavy atom. The van der Waals surface area contributed by atoms with Crippen LogP contribution in [0.3, 0.4) is 0 Å². The number of rotatable bonds is 4. The average molecular weight is 397 g/mol. The Morgan fingerprint density at radius 1 is 1.15 bits per heavy atom. The van der Waals surface area contributed by atoms with Crippen LogP contribution < -0.4 is 4.74 Å². The Morgan fingerprint density at radius 3 is 2.44 bits per heavy atom. The van der Waals surface area contributed by atoms with Gasteiger partial charge in [0.25, 0.3) is 0 Å². The highest BCUT2D eigenvalue weighted by atomic mass is 35.5. The summed E-state index contributed by atoms with van der Waals surface area (Å²) >= 11 is 5.93. The first kappa shape index (κ1) is 19.3. The lowest BCUT2D eigenvalue weighted by atomic mass is 9.96. The molecule has 0 saturated heterocycles. The van der Waals surface area contributed by atoms with Crippen molar-refractivity contribution in [2.45, 2.75) is 32.4 Å². The average Bonchev–Trinajstić information content (AvgIpc) is 2.94. The van der Waals surface area contributed by atoms with E-state index in [2.05, 4.69) is 0 Å². The van der Waals surface area contributed by atoms with Crippen molar-refractivity contribution in [1.82, 2.24) is 0 Å². The minimum absolute atomic E-state index is 0.0411. The Hall–Kier alpha value is -2.47. The van der Waals surface area contributed by atoms with Crippen molar-refractivity contribution in [2.24, 2.45) is 0 Å². The van der Waals surface area contributed by atoms with E-state index in [1.807, 2.05) is 6.92 Å². The molecule has 142 valence electrons. The standard InChI is InChI=1S/C20H16ClF3O3/c1-2-11-3-5-13(10-14(11)19-16(25)6-7-17(19)26)27-18-8-4-12(9-15(18)21)20(22,23)24/h3-5,8-10,25H,2,6-7H2,1H3. The first-order chi connectivity index (χ1) is 12.7. The van der Waals surface area contributed by atoms with E-state index in [9.17, 15) is 23.1 Å². The SMILES string of the molecule is CCc1ccc(Oc2ccc(C(F)(F)F)cc2Cl)cc1C1=C(O)CCC1=O. The quantitative estimate of drug-likeness (QED) is 0.655. The van der Waals surface area contributed by atoms with Gasteiger partial charge in [-0.25, -0.2) is 0 Å². The highest BCUT2D eigenvalue weighted by molar-refractivity contribution is 6.32. The molecule has 0 aliphatic heterocycles. The van der Waals surface area contributed by atoms with Crippen LogP contribution in [0.1, 0.15) is 36.5 Å². The van der Waals surface area contributed by atoms with Gasteiger partial charge in [-0.2, -0.15) is 13.2 Å². The molecule has 0 heterocycles. The fourth-order valence-corrected chi connectivity index (χ4v) is 3.21. The fraction of sp³-hybridized carbons (Fsp3) is 0.250. The summed E-state index contributed by atoms with van der Waals surface area (Å²) in [6, 6.07) is 7.84. The molecule has 0 aromatic heterocycles. The molecule has 0 saturated carbocycles. The highest BCUT2D eigenvalue weighted by Crippen LogP contribution is 2.38. The molecule has 0 radical (unpaired) electrons. The lowest BCUT2D eigenvalue weighted by Gasteiger charge is -2.14. The number of Topliss-reactive ketones (excluding diaryl/α,β-unsaturated/α-hetero) is 1. The van der Waals surface area contributed by atoms with E-state index in [1.165, 1.54) is 0 Å². The lowest BCUT2D eigenvalue weighted by Crippen LogP contribution is -2.04. The topological polar surface area (TPSA) is 46.5 Å². The molecule has 2 aromatic rings. The summed E-state index contributed by atoms with van der Waals surface area (Å²) in [6.45, 7) is 1.92. The maximum Gasteiger partial charge on any atom is 0.416 e. The van der Waals surface area contributed by atoms with Crippen LogP contribution >= 0.6 is 11.6 Å². The first-order valence-electron chi connectivity index (χ1n) is 8.34. The van der Waals surface area contributed by atoms with E-state index in [-0.39, 0.29) is 34.3 Å². The number of alkyl halides is 3. The third-order valence-corrected chi connectivity index (χ3v) is 4.67. The van der Waals surface area contributed by atoms with Gasteiger partial charge in [0.1, 0.15) is 17.3 Å². The molecule has 1 aliphatic carbocycles. The zero-order chi connectivity index (χ0) is 19.8. The molecule has 0 bridgehead atoms. The third-order valence-electron chi connectivity index (χ3n) is 4.37. The van der Waals surface area contributed by atoms with Gasteiger partial charge in [-0.1, -0.05) is 24.6 Å². The summed E-state index contributed by atoms with van der Waals surface area (Å²) in [4.78, 5) is 12.1. The van der Waals surface area contributed by atoms with Crippen molar-refractivity contribution in [3.05, 3.63) is 63.9 Å². The largest absolute Gasteiger partial charge is 0.512 e. The van der Waals surface area contributed by atoms with Crippen LogP contribution in [0.25, 0.3) is 5.57 Å². The Balaban J connectivity index is 1.96. The number of ketones is 1. The van der Waals surface area contributed by atoms with Crippen molar-refractivity contribution >= 4 is 23.0 Å². The van der Waals surface area contributed by atoms with Gasteiger partial charge in [0.2, 0.25) is 0 Å². The first-order valence-corrected chi connectivity index (χ1v) is 8.71. The van der Waals surface area contributed by atoms with E-state index in [0.29, 0.717) is 24.2 Å². The second-order valence-electron chi connectivity index (χ2n) is 6.16. The Kier molecular flexibility index (Phi) is 5.20. The number of aliphatic hydroxyl groups excluding tert-OH is 1. The summed E-state index contributed by atoms with van der Waals surface area (Å²) in [7, 11) is 0. The number of hydrogen-bond donors (Lipinski definition) is 1. The van der Waals surface area contributed by atoms with Gasteiger partial charge in [-0.05, 0) is 47.9 Å². The number of hydrogen-bond acceptors (Lipinski definition) is 3. The molecule has 1 N–H and O–H groups in total. The molecule has 3 rings (SSSR count). The summed E-state index contributed by atoms with van der Waals surface area (Å²) in [6.07, 6.45) is -3.31. The van der Waals surface area contributed by atoms with E-state index < -0.39 is 11.7 Å². The van der Waals surface area contributed by atoms with Crippen LogP contribution in [0.4, 0.5) is 13.2 Å². The second-order valence-corrected chi connectivity index (χ2v) is 6.57. The van der Waals surface area contributed by atoms with Crippen molar-refractivity contribution in [2.75, 3.05) is 0 Å². The second kappa shape index (κ2) is 7.27.